The van der Waals surface area contributed by atoms with Crippen molar-refractivity contribution in [2.45, 2.75) is 44.3 Å². The van der Waals surface area contributed by atoms with Crippen molar-refractivity contribution >= 4 is 5.95 Å². The van der Waals surface area contributed by atoms with E-state index in [4.69, 9.17) is 4.74 Å². The summed E-state index contributed by atoms with van der Waals surface area (Å²) in [5.41, 5.74) is 0. The van der Waals surface area contributed by atoms with E-state index < -0.39 is 6.10 Å². The van der Waals surface area contributed by atoms with Crippen LogP contribution in [0.1, 0.15) is 32.1 Å². The SMILES string of the molecule is O[C@H](CNc1ncccn1)COC1CCCCC1. The molecule has 5 heteroatoms. The molecular formula is C13H21N3O2. The molecule has 1 aliphatic carbocycles. The summed E-state index contributed by atoms with van der Waals surface area (Å²) >= 11 is 0. The summed E-state index contributed by atoms with van der Waals surface area (Å²) in [6.45, 7) is 0.793. The van der Waals surface area contributed by atoms with Gasteiger partial charge in [0.1, 0.15) is 0 Å². The zero-order chi connectivity index (χ0) is 12.6. The molecule has 0 saturated heterocycles. The Balaban J connectivity index is 1.61. The van der Waals surface area contributed by atoms with E-state index in [9.17, 15) is 5.11 Å². The lowest BCUT2D eigenvalue weighted by Gasteiger charge is -2.23. The van der Waals surface area contributed by atoms with Crippen LogP contribution in [0.25, 0.3) is 0 Å². The van der Waals surface area contributed by atoms with Crippen LogP contribution in [0.5, 0.6) is 0 Å². The molecular weight excluding hydrogens is 230 g/mol. The Bertz CT molecular complexity index is 328. The second-order valence-corrected chi connectivity index (χ2v) is 4.70. The molecule has 0 spiro atoms. The number of hydrogen-bond acceptors (Lipinski definition) is 5. The molecule has 100 valence electrons. The zero-order valence-electron chi connectivity index (χ0n) is 10.6. The van der Waals surface area contributed by atoms with Crippen molar-refractivity contribution in [3.05, 3.63) is 18.5 Å². The van der Waals surface area contributed by atoms with Crippen LogP contribution in [-0.2, 0) is 4.74 Å². The number of aliphatic hydroxyl groups excluding tert-OH is 1. The van der Waals surface area contributed by atoms with Gasteiger partial charge in [-0.05, 0) is 18.9 Å². The molecule has 0 aliphatic heterocycles. The van der Waals surface area contributed by atoms with Crippen molar-refractivity contribution in [2.75, 3.05) is 18.5 Å². The Morgan fingerprint density at radius 3 is 2.72 bits per heavy atom. The summed E-state index contributed by atoms with van der Waals surface area (Å²) < 4.78 is 5.70. The van der Waals surface area contributed by atoms with E-state index in [0.717, 1.165) is 12.8 Å². The molecule has 0 radical (unpaired) electrons. The molecule has 0 amide bonds. The van der Waals surface area contributed by atoms with Crippen LogP contribution in [0.4, 0.5) is 5.95 Å². The number of nitrogens with zero attached hydrogens (tertiary/aromatic N) is 2. The number of nitrogens with one attached hydrogen (secondary N) is 1. The lowest BCUT2D eigenvalue weighted by Crippen LogP contribution is -2.29. The molecule has 18 heavy (non-hydrogen) atoms. The number of ether oxygens (including phenoxy) is 1. The third-order valence-corrected chi connectivity index (χ3v) is 3.14. The van der Waals surface area contributed by atoms with Gasteiger partial charge in [0.25, 0.3) is 0 Å². The van der Waals surface area contributed by atoms with E-state index in [1.165, 1.54) is 19.3 Å². The third kappa shape index (κ3) is 4.58. The molecule has 1 aromatic heterocycles. The lowest BCUT2D eigenvalue weighted by molar-refractivity contribution is -0.0195. The van der Waals surface area contributed by atoms with Gasteiger partial charge in [0, 0.05) is 18.9 Å². The summed E-state index contributed by atoms with van der Waals surface area (Å²) in [6, 6.07) is 1.76. The molecule has 1 aromatic rings. The average Bonchev–Trinajstić information content (AvgIpc) is 2.45. The van der Waals surface area contributed by atoms with Crippen LogP contribution in [0, 0.1) is 0 Å². The number of aliphatic hydroxyl groups is 1. The van der Waals surface area contributed by atoms with Crippen molar-refractivity contribution < 1.29 is 9.84 Å². The van der Waals surface area contributed by atoms with Gasteiger partial charge in [-0.15, -0.1) is 0 Å². The van der Waals surface area contributed by atoms with E-state index in [0.29, 0.717) is 25.2 Å². The van der Waals surface area contributed by atoms with Crippen molar-refractivity contribution in [1.82, 2.24) is 9.97 Å². The van der Waals surface area contributed by atoms with Crippen molar-refractivity contribution in [1.29, 1.82) is 0 Å². The quantitative estimate of drug-likeness (QED) is 0.804. The van der Waals surface area contributed by atoms with E-state index in [-0.39, 0.29) is 0 Å². The highest BCUT2D eigenvalue weighted by Crippen LogP contribution is 2.20. The van der Waals surface area contributed by atoms with Crippen molar-refractivity contribution in [2.24, 2.45) is 0 Å². The molecule has 0 aromatic carbocycles. The fourth-order valence-electron chi connectivity index (χ4n) is 2.14. The number of rotatable bonds is 6. The van der Waals surface area contributed by atoms with Gasteiger partial charge in [0.05, 0.1) is 18.8 Å². The van der Waals surface area contributed by atoms with E-state index in [2.05, 4.69) is 15.3 Å². The van der Waals surface area contributed by atoms with Crippen LogP contribution in [0.2, 0.25) is 0 Å². The first-order chi connectivity index (χ1) is 8.84. The van der Waals surface area contributed by atoms with Crippen molar-refractivity contribution in [3.63, 3.8) is 0 Å². The monoisotopic (exact) mass is 251 g/mol. The standard InChI is InChI=1S/C13H21N3O2/c17-11(9-16-13-14-7-4-8-15-13)10-18-12-5-2-1-3-6-12/h4,7-8,11-12,17H,1-3,5-6,9-10H2,(H,14,15,16)/t11-/m1/s1. The van der Waals surface area contributed by atoms with Crippen molar-refractivity contribution in [3.8, 4) is 0 Å². The highest BCUT2D eigenvalue weighted by atomic mass is 16.5. The predicted molar refractivity (Wildman–Crippen MR) is 69.4 cm³/mol. The zero-order valence-corrected chi connectivity index (χ0v) is 10.6. The first-order valence-corrected chi connectivity index (χ1v) is 6.65. The fourth-order valence-corrected chi connectivity index (χ4v) is 2.14. The summed E-state index contributed by atoms with van der Waals surface area (Å²) in [5, 5.41) is 12.8. The normalized spacial score (nSPS) is 18.5. The number of aromatic nitrogens is 2. The number of hydrogen-bond donors (Lipinski definition) is 2. The largest absolute Gasteiger partial charge is 0.389 e. The van der Waals surface area contributed by atoms with Gasteiger partial charge in [-0.3, -0.25) is 0 Å². The Morgan fingerprint density at radius 1 is 1.28 bits per heavy atom. The minimum absolute atomic E-state index is 0.335. The molecule has 1 atom stereocenters. The minimum atomic E-state index is -0.518. The van der Waals surface area contributed by atoms with Crippen LogP contribution >= 0.6 is 0 Å². The summed E-state index contributed by atoms with van der Waals surface area (Å²) in [7, 11) is 0. The van der Waals surface area contributed by atoms with Gasteiger partial charge < -0.3 is 15.2 Å². The maximum atomic E-state index is 9.80. The lowest BCUT2D eigenvalue weighted by atomic mass is 9.98. The molecule has 1 fully saturated rings. The van der Waals surface area contributed by atoms with Gasteiger partial charge in [-0.2, -0.15) is 0 Å². The van der Waals surface area contributed by atoms with Crippen LogP contribution in [0.3, 0.4) is 0 Å². The fraction of sp³-hybridized carbons (Fsp3) is 0.692. The highest BCUT2D eigenvalue weighted by Gasteiger charge is 2.15. The second kappa shape index (κ2) is 7.28. The van der Waals surface area contributed by atoms with E-state index >= 15 is 0 Å². The van der Waals surface area contributed by atoms with E-state index in [1.807, 2.05) is 0 Å². The molecule has 1 aliphatic rings. The predicted octanol–water partition coefficient (Wildman–Crippen LogP) is 1.60. The van der Waals surface area contributed by atoms with Gasteiger partial charge in [0.15, 0.2) is 0 Å². The average molecular weight is 251 g/mol. The first kappa shape index (κ1) is 13.2. The molecule has 5 nitrogen and oxygen atoms in total. The molecule has 2 N–H and O–H groups in total. The molecule has 1 heterocycles. The summed E-state index contributed by atoms with van der Waals surface area (Å²) in [5.74, 6) is 0.536. The van der Waals surface area contributed by atoms with Gasteiger partial charge in [0.2, 0.25) is 5.95 Å². The topological polar surface area (TPSA) is 67.3 Å². The van der Waals surface area contributed by atoms with Gasteiger partial charge >= 0.3 is 0 Å². The maximum Gasteiger partial charge on any atom is 0.222 e. The Labute approximate surface area is 108 Å². The second-order valence-electron chi connectivity index (χ2n) is 4.70. The van der Waals surface area contributed by atoms with Gasteiger partial charge in [-0.25, -0.2) is 9.97 Å². The minimum Gasteiger partial charge on any atom is -0.389 e. The Kier molecular flexibility index (Phi) is 5.36. The summed E-state index contributed by atoms with van der Waals surface area (Å²) in [4.78, 5) is 8.05. The summed E-state index contributed by atoms with van der Waals surface area (Å²) in [6.07, 6.45) is 9.21. The first-order valence-electron chi connectivity index (χ1n) is 6.65. The maximum absolute atomic E-state index is 9.80. The third-order valence-electron chi connectivity index (χ3n) is 3.14. The highest BCUT2D eigenvalue weighted by molar-refractivity contribution is 5.21. The number of anilines is 1. The molecule has 1 saturated carbocycles. The van der Waals surface area contributed by atoms with E-state index in [1.54, 1.807) is 18.5 Å². The van der Waals surface area contributed by atoms with Crippen LogP contribution in [-0.4, -0.2) is 40.4 Å². The molecule has 2 rings (SSSR count). The Hall–Kier alpha value is -1.20. The van der Waals surface area contributed by atoms with Crippen LogP contribution < -0.4 is 5.32 Å². The van der Waals surface area contributed by atoms with Gasteiger partial charge in [-0.1, -0.05) is 19.3 Å². The molecule has 0 unspecified atom stereocenters. The molecule has 0 bridgehead atoms. The van der Waals surface area contributed by atoms with Crippen LogP contribution in [0.15, 0.2) is 18.5 Å². The smallest absolute Gasteiger partial charge is 0.222 e. The Morgan fingerprint density at radius 2 is 2.00 bits per heavy atom.